The minimum absolute atomic E-state index is 0.170. The van der Waals surface area contributed by atoms with E-state index in [1.165, 1.54) is 7.11 Å². The van der Waals surface area contributed by atoms with Crippen molar-refractivity contribution < 1.29 is 9.53 Å². The van der Waals surface area contributed by atoms with Gasteiger partial charge in [-0.15, -0.1) is 0 Å². The van der Waals surface area contributed by atoms with Gasteiger partial charge in [0.25, 0.3) is 0 Å². The molecule has 0 bridgehead atoms. The summed E-state index contributed by atoms with van der Waals surface area (Å²) < 4.78 is 4.57. The first-order valence-corrected chi connectivity index (χ1v) is 4.60. The van der Waals surface area contributed by atoms with Crippen molar-refractivity contribution >= 4 is 5.97 Å². The zero-order chi connectivity index (χ0) is 10.5. The Balaban J connectivity index is 3.63. The normalized spacial score (nSPS) is 11.8. The first kappa shape index (κ1) is 12.4. The molecule has 0 saturated heterocycles. The average molecular weight is 187 g/mol. The molecule has 0 atom stereocenters. The van der Waals surface area contributed by atoms with Gasteiger partial charge in [-0.25, -0.2) is 0 Å². The molecule has 0 aromatic rings. The fraction of sp³-hybridized carbons (Fsp3) is 0.900. The summed E-state index contributed by atoms with van der Waals surface area (Å²) in [4.78, 5) is 12.9. The monoisotopic (exact) mass is 187 g/mol. The molecule has 3 nitrogen and oxygen atoms in total. The number of nitrogens with zero attached hydrogens (tertiary/aromatic N) is 1. The third-order valence-corrected chi connectivity index (χ3v) is 1.87. The molecular formula is C10H21NO2. The highest BCUT2D eigenvalue weighted by molar-refractivity contribution is 5.71. The van der Waals surface area contributed by atoms with E-state index in [-0.39, 0.29) is 5.97 Å². The quantitative estimate of drug-likeness (QED) is 0.625. The van der Waals surface area contributed by atoms with Crippen LogP contribution in [-0.2, 0) is 9.53 Å². The largest absolute Gasteiger partial charge is 0.468 e. The Bertz CT molecular complexity index is 161. The van der Waals surface area contributed by atoms with Crippen LogP contribution in [0.15, 0.2) is 0 Å². The average Bonchev–Trinajstić information content (AvgIpc) is 1.99. The lowest BCUT2D eigenvalue weighted by molar-refractivity contribution is -0.141. The summed E-state index contributed by atoms with van der Waals surface area (Å²) in [5, 5.41) is 0. The number of carbonyl (C=O) groups is 1. The summed E-state index contributed by atoms with van der Waals surface area (Å²) in [6.07, 6.45) is 1.08. The van der Waals surface area contributed by atoms with Gasteiger partial charge in [-0.05, 0) is 25.4 Å². The molecule has 13 heavy (non-hydrogen) atoms. The molecule has 0 N–H and O–H groups in total. The van der Waals surface area contributed by atoms with Crippen molar-refractivity contribution in [3.8, 4) is 0 Å². The van der Waals surface area contributed by atoms with Gasteiger partial charge in [-0.2, -0.15) is 0 Å². The van der Waals surface area contributed by atoms with E-state index in [2.05, 4.69) is 25.5 Å². The highest BCUT2D eigenvalue weighted by Gasteiger charge is 2.12. The van der Waals surface area contributed by atoms with Crippen LogP contribution in [0.2, 0.25) is 0 Å². The van der Waals surface area contributed by atoms with E-state index in [0.717, 1.165) is 13.0 Å². The van der Waals surface area contributed by atoms with Crippen molar-refractivity contribution in [2.45, 2.75) is 27.2 Å². The van der Waals surface area contributed by atoms with Gasteiger partial charge < -0.3 is 4.74 Å². The van der Waals surface area contributed by atoms with Crippen LogP contribution in [0.5, 0.6) is 0 Å². The fourth-order valence-corrected chi connectivity index (χ4v) is 0.890. The molecule has 78 valence electrons. The van der Waals surface area contributed by atoms with Crippen molar-refractivity contribution in [3.63, 3.8) is 0 Å². The molecule has 0 aromatic carbocycles. The number of methoxy groups -OCH3 is 1. The molecule has 0 spiro atoms. The molecule has 0 rings (SSSR count). The summed E-state index contributed by atoms with van der Waals surface area (Å²) in [5.74, 6) is -0.170. The van der Waals surface area contributed by atoms with Gasteiger partial charge in [-0.3, -0.25) is 9.69 Å². The minimum atomic E-state index is -0.170. The Kier molecular flexibility index (Phi) is 4.99. The Morgan fingerprint density at radius 1 is 1.38 bits per heavy atom. The van der Waals surface area contributed by atoms with E-state index in [1.807, 2.05) is 11.9 Å². The Morgan fingerprint density at radius 3 is 2.31 bits per heavy atom. The van der Waals surface area contributed by atoms with Gasteiger partial charge in [0.15, 0.2) is 0 Å². The number of esters is 1. The first-order valence-electron chi connectivity index (χ1n) is 4.60. The minimum Gasteiger partial charge on any atom is -0.468 e. The summed E-state index contributed by atoms with van der Waals surface area (Å²) >= 11 is 0. The van der Waals surface area contributed by atoms with Crippen LogP contribution in [0.4, 0.5) is 0 Å². The molecule has 3 heteroatoms. The lowest BCUT2D eigenvalue weighted by atomic mass is 9.92. The second kappa shape index (κ2) is 5.22. The SMILES string of the molecule is COC(=O)CN(C)CCC(C)(C)C. The maximum atomic E-state index is 10.9. The van der Waals surface area contributed by atoms with Crippen LogP contribution in [0.25, 0.3) is 0 Å². The van der Waals surface area contributed by atoms with Crippen molar-refractivity contribution in [2.75, 3.05) is 27.2 Å². The third kappa shape index (κ3) is 7.78. The van der Waals surface area contributed by atoms with Crippen molar-refractivity contribution in [1.29, 1.82) is 0 Å². The van der Waals surface area contributed by atoms with E-state index in [1.54, 1.807) is 0 Å². The summed E-state index contributed by atoms with van der Waals surface area (Å²) in [6.45, 7) is 7.89. The number of rotatable bonds is 4. The maximum absolute atomic E-state index is 10.9. The molecule has 0 aliphatic carbocycles. The van der Waals surface area contributed by atoms with Crippen molar-refractivity contribution in [1.82, 2.24) is 4.90 Å². The van der Waals surface area contributed by atoms with Gasteiger partial charge in [0.2, 0.25) is 0 Å². The highest BCUT2D eigenvalue weighted by Crippen LogP contribution is 2.18. The Labute approximate surface area is 81.1 Å². The lowest BCUT2D eigenvalue weighted by Gasteiger charge is -2.22. The van der Waals surface area contributed by atoms with Crippen LogP contribution >= 0.6 is 0 Å². The molecule has 0 amide bonds. The molecule has 0 aliphatic heterocycles. The zero-order valence-electron chi connectivity index (χ0n) is 9.39. The van der Waals surface area contributed by atoms with E-state index < -0.39 is 0 Å². The summed E-state index contributed by atoms with van der Waals surface area (Å²) in [7, 11) is 3.35. The van der Waals surface area contributed by atoms with E-state index in [4.69, 9.17) is 0 Å². The number of likely N-dealkylation sites (N-methyl/N-ethyl adjacent to an activating group) is 1. The number of carbonyl (C=O) groups excluding carboxylic acids is 1. The number of hydrogen-bond acceptors (Lipinski definition) is 3. The van der Waals surface area contributed by atoms with Crippen molar-refractivity contribution in [2.24, 2.45) is 5.41 Å². The predicted molar refractivity (Wildman–Crippen MR) is 53.6 cm³/mol. The predicted octanol–water partition coefficient (Wildman–Crippen LogP) is 1.53. The summed E-state index contributed by atoms with van der Waals surface area (Å²) in [5.41, 5.74) is 0.324. The molecule has 0 saturated carbocycles. The van der Waals surface area contributed by atoms with Crippen LogP contribution in [0.1, 0.15) is 27.2 Å². The smallest absolute Gasteiger partial charge is 0.319 e. The van der Waals surface area contributed by atoms with Gasteiger partial charge in [0.05, 0.1) is 13.7 Å². The zero-order valence-corrected chi connectivity index (χ0v) is 9.39. The molecule has 0 unspecified atom stereocenters. The standard InChI is InChI=1S/C10H21NO2/c1-10(2,3)6-7-11(4)8-9(12)13-5/h6-8H2,1-5H3. The van der Waals surface area contributed by atoms with Crippen LogP contribution in [0, 0.1) is 5.41 Å². The molecule has 0 radical (unpaired) electrons. The molecule has 0 aliphatic rings. The number of ether oxygens (including phenoxy) is 1. The Hall–Kier alpha value is -0.570. The van der Waals surface area contributed by atoms with E-state index >= 15 is 0 Å². The molecule has 0 aromatic heterocycles. The second-order valence-corrected chi connectivity index (χ2v) is 4.62. The van der Waals surface area contributed by atoms with Gasteiger partial charge in [-0.1, -0.05) is 20.8 Å². The van der Waals surface area contributed by atoms with E-state index in [0.29, 0.717) is 12.0 Å². The number of hydrogen-bond donors (Lipinski definition) is 0. The molecule has 0 heterocycles. The highest BCUT2D eigenvalue weighted by atomic mass is 16.5. The van der Waals surface area contributed by atoms with Gasteiger partial charge in [0.1, 0.15) is 0 Å². The molecule has 0 fully saturated rings. The topological polar surface area (TPSA) is 29.5 Å². The lowest BCUT2D eigenvalue weighted by Crippen LogP contribution is -2.29. The van der Waals surface area contributed by atoms with Crippen LogP contribution < -0.4 is 0 Å². The van der Waals surface area contributed by atoms with Crippen molar-refractivity contribution in [3.05, 3.63) is 0 Å². The van der Waals surface area contributed by atoms with Crippen LogP contribution in [0.3, 0.4) is 0 Å². The third-order valence-electron chi connectivity index (χ3n) is 1.87. The van der Waals surface area contributed by atoms with Crippen LogP contribution in [-0.4, -0.2) is 38.1 Å². The van der Waals surface area contributed by atoms with Gasteiger partial charge >= 0.3 is 5.97 Å². The van der Waals surface area contributed by atoms with Gasteiger partial charge in [0, 0.05) is 0 Å². The summed E-state index contributed by atoms with van der Waals surface area (Å²) in [6, 6.07) is 0. The first-order chi connectivity index (χ1) is 5.85. The Morgan fingerprint density at radius 2 is 1.92 bits per heavy atom. The molecular weight excluding hydrogens is 166 g/mol. The maximum Gasteiger partial charge on any atom is 0.319 e. The van der Waals surface area contributed by atoms with E-state index in [9.17, 15) is 4.79 Å². The second-order valence-electron chi connectivity index (χ2n) is 4.62. The fourth-order valence-electron chi connectivity index (χ4n) is 0.890.